The first-order valence-electron chi connectivity index (χ1n) is 9.18. The SMILES string of the molecule is CCCCn1c(S[C@@H](C)C(=O)NC2CC2)nnc1[C@@H](CC)[NH+](C)C. The molecule has 0 unspecified atom stereocenters. The summed E-state index contributed by atoms with van der Waals surface area (Å²) in [6, 6.07) is 0.732. The predicted octanol–water partition coefficient (Wildman–Crippen LogP) is 1.43. The number of aromatic nitrogens is 3. The normalized spacial score (nSPS) is 17.1. The lowest BCUT2D eigenvalue weighted by Gasteiger charge is -2.20. The lowest BCUT2D eigenvalue weighted by atomic mass is 10.2. The van der Waals surface area contributed by atoms with Gasteiger partial charge < -0.3 is 14.8 Å². The van der Waals surface area contributed by atoms with Crippen molar-refractivity contribution in [3.8, 4) is 0 Å². The second kappa shape index (κ2) is 8.85. The Balaban J connectivity index is 2.14. The lowest BCUT2D eigenvalue weighted by Crippen LogP contribution is -3.06. The second-order valence-corrected chi connectivity index (χ2v) is 8.24. The van der Waals surface area contributed by atoms with Crippen LogP contribution in [0.15, 0.2) is 5.16 Å². The molecule has 2 rings (SSSR count). The highest BCUT2D eigenvalue weighted by atomic mass is 32.2. The van der Waals surface area contributed by atoms with E-state index in [-0.39, 0.29) is 11.2 Å². The molecular formula is C17H32N5OS+. The third-order valence-electron chi connectivity index (χ3n) is 4.47. The number of thioether (sulfide) groups is 1. The number of nitrogens with zero attached hydrogens (tertiary/aromatic N) is 3. The Hall–Kier alpha value is -1.08. The third-order valence-corrected chi connectivity index (χ3v) is 5.55. The van der Waals surface area contributed by atoms with Crippen molar-refractivity contribution in [3.05, 3.63) is 5.82 Å². The molecule has 1 aliphatic carbocycles. The van der Waals surface area contributed by atoms with Crippen LogP contribution in [0.3, 0.4) is 0 Å². The maximum absolute atomic E-state index is 12.2. The summed E-state index contributed by atoms with van der Waals surface area (Å²) in [4.78, 5) is 13.6. The zero-order valence-corrected chi connectivity index (χ0v) is 16.4. The van der Waals surface area contributed by atoms with Crippen LogP contribution in [-0.4, -0.2) is 46.1 Å². The number of carbonyl (C=O) groups is 1. The molecule has 1 saturated carbocycles. The number of carbonyl (C=O) groups excluding carboxylic acids is 1. The van der Waals surface area contributed by atoms with Crippen molar-refractivity contribution >= 4 is 17.7 Å². The summed E-state index contributed by atoms with van der Waals surface area (Å²) in [6.45, 7) is 7.25. The number of hydrogen-bond donors (Lipinski definition) is 2. The van der Waals surface area contributed by atoms with Crippen LogP contribution >= 0.6 is 11.8 Å². The number of nitrogens with one attached hydrogen (secondary N) is 2. The average molecular weight is 355 g/mol. The Labute approximate surface area is 149 Å². The van der Waals surface area contributed by atoms with E-state index in [0.717, 1.165) is 49.6 Å². The highest BCUT2D eigenvalue weighted by molar-refractivity contribution is 8.00. The van der Waals surface area contributed by atoms with Gasteiger partial charge in [0.2, 0.25) is 5.91 Å². The predicted molar refractivity (Wildman–Crippen MR) is 97.3 cm³/mol. The number of rotatable bonds is 10. The van der Waals surface area contributed by atoms with Crippen molar-refractivity contribution in [1.82, 2.24) is 20.1 Å². The Kier molecular flexibility index (Phi) is 7.10. The molecule has 1 aromatic rings. The fourth-order valence-corrected chi connectivity index (χ4v) is 3.67. The van der Waals surface area contributed by atoms with Crippen molar-refractivity contribution < 1.29 is 9.69 Å². The number of quaternary nitrogens is 1. The van der Waals surface area contributed by atoms with Gasteiger partial charge in [-0.25, -0.2) is 0 Å². The van der Waals surface area contributed by atoms with E-state index >= 15 is 0 Å². The Morgan fingerprint density at radius 2 is 2.08 bits per heavy atom. The van der Waals surface area contributed by atoms with Gasteiger partial charge in [-0.3, -0.25) is 4.79 Å². The van der Waals surface area contributed by atoms with Gasteiger partial charge in [-0.05, 0) is 26.2 Å². The molecule has 0 aliphatic heterocycles. The summed E-state index contributed by atoms with van der Waals surface area (Å²) in [6.07, 6.45) is 5.48. The van der Waals surface area contributed by atoms with Crippen LogP contribution in [0.1, 0.15) is 64.7 Å². The number of unbranched alkanes of at least 4 members (excludes halogenated alkanes) is 1. The van der Waals surface area contributed by atoms with Crippen molar-refractivity contribution in [2.75, 3.05) is 14.1 Å². The van der Waals surface area contributed by atoms with Crippen LogP contribution in [0.5, 0.6) is 0 Å². The maximum Gasteiger partial charge on any atom is 0.233 e. The van der Waals surface area contributed by atoms with Crippen LogP contribution in [0.2, 0.25) is 0 Å². The molecule has 1 heterocycles. The summed E-state index contributed by atoms with van der Waals surface area (Å²) < 4.78 is 2.23. The topological polar surface area (TPSA) is 64.2 Å². The lowest BCUT2D eigenvalue weighted by molar-refractivity contribution is -0.893. The first kappa shape index (κ1) is 19.2. The van der Waals surface area contributed by atoms with Crippen molar-refractivity contribution in [2.45, 2.75) is 81.9 Å². The molecule has 136 valence electrons. The molecule has 6 nitrogen and oxygen atoms in total. The van der Waals surface area contributed by atoms with Crippen LogP contribution in [0, 0.1) is 0 Å². The Morgan fingerprint density at radius 1 is 1.38 bits per heavy atom. The molecule has 0 radical (unpaired) electrons. The van der Waals surface area contributed by atoms with E-state index in [0.29, 0.717) is 12.1 Å². The Morgan fingerprint density at radius 3 is 2.62 bits per heavy atom. The highest BCUT2D eigenvalue weighted by Crippen LogP contribution is 2.26. The van der Waals surface area contributed by atoms with Crippen molar-refractivity contribution in [2.24, 2.45) is 0 Å². The highest BCUT2D eigenvalue weighted by Gasteiger charge is 2.29. The average Bonchev–Trinajstić information content (AvgIpc) is 3.27. The van der Waals surface area contributed by atoms with E-state index in [2.05, 4.69) is 48.0 Å². The Bertz CT molecular complexity index is 541. The van der Waals surface area contributed by atoms with Crippen LogP contribution in [0.25, 0.3) is 0 Å². The molecule has 2 atom stereocenters. The quantitative estimate of drug-likeness (QED) is 0.624. The van der Waals surface area contributed by atoms with Crippen molar-refractivity contribution in [3.63, 3.8) is 0 Å². The minimum absolute atomic E-state index is 0.111. The van der Waals surface area contributed by atoms with Gasteiger partial charge in [0, 0.05) is 19.0 Å². The molecule has 2 N–H and O–H groups in total. The van der Waals surface area contributed by atoms with Gasteiger partial charge >= 0.3 is 0 Å². The zero-order chi connectivity index (χ0) is 17.7. The molecule has 1 amide bonds. The molecule has 0 bridgehead atoms. The molecule has 1 fully saturated rings. The van der Waals surface area contributed by atoms with Gasteiger partial charge in [-0.15, -0.1) is 10.2 Å². The van der Waals surface area contributed by atoms with E-state index in [4.69, 9.17) is 0 Å². The number of hydrogen-bond acceptors (Lipinski definition) is 4. The van der Waals surface area contributed by atoms with E-state index in [1.165, 1.54) is 16.7 Å². The minimum Gasteiger partial charge on any atom is -0.352 e. The third kappa shape index (κ3) is 4.96. The molecule has 7 heteroatoms. The van der Waals surface area contributed by atoms with Gasteiger partial charge in [0.15, 0.2) is 11.0 Å². The summed E-state index contributed by atoms with van der Waals surface area (Å²) >= 11 is 1.53. The van der Waals surface area contributed by atoms with Gasteiger partial charge in [0.1, 0.15) is 6.04 Å². The minimum atomic E-state index is -0.144. The van der Waals surface area contributed by atoms with E-state index in [9.17, 15) is 4.79 Å². The van der Waals surface area contributed by atoms with E-state index in [1.807, 2.05) is 6.92 Å². The summed E-state index contributed by atoms with van der Waals surface area (Å²) in [5, 5.41) is 12.7. The first-order chi connectivity index (χ1) is 11.5. The zero-order valence-electron chi connectivity index (χ0n) is 15.6. The monoisotopic (exact) mass is 354 g/mol. The fraction of sp³-hybridized carbons (Fsp3) is 0.824. The van der Waals surface area contributed by atoms with Gasteiger partial charge in [-0.2, -0.15) is 0 Å². The van der Waals surface area contributed by atoms with Crippen LogP contribution < -0.4 is 10.2 Å². The van der Waals surface area contributed by atoms with E-state index in [1.54, 1.807) is 0 Å². The fourth-order valence-electron chi connectivity index (χ4n) is 2.78. The van der Waals surface area contributed by atoms with Crippen LogP contribution in [0.4, 0.5) is 0 Å². The van der Waals surface area contributed by atoms with Gasteiger partial charge in [0.05, 0.1) is 19.3 Å². The first-order valence-corrected chi connectivity index (χ1v) is 10.1. The standard InChI is InChI=1S/C17H31N5OS/c1-6-8-11-22-15(14(7-2)21(4)5)19-20-17(22)24-12(3)16(23)18-13-9-10-13/h12-14H,6-11H2,1-5H3,(H,18,23)/p+1/t12-,14+/m0/s1. The van der Waals surface area contributed by atoms with E-state index < -0.39 is 0 Å². The maximum atomic E-state index is 12.2. The summed E-state index contributed by atoms with van der Waals surface area (Å²) in [7, 11) is 4.32. The van der Waals surface area contributed by atoms with Crippen LogP contribution in [-0.2, 0) is 11.3 Å². The summed E-state index contributed by atoms with van der Waals surface area (Å²) in [5.74, 6) is 1.16. The van der Waals surface area contributed by atoms with Gasteiger partial charge in [0.25, 0.3) is 0 Å². The molecule has 0 spiro atoms. The molecule has 1 aromatic heterocycles. The smallest absolute Gasteiger partial charge is 0.233 e. The van der Waals surface area contributed by atoms with Gasteiger partial charge in [-0.1, -0.05) is 32.0 Å². The molecule has 0 saturated heterocycles. The molecule has 24 heavy (non-hydrogen) atoms. The largest absolute Gasteiger partial charge is 0.352 e. The molecular weight excluding hydrogens is 322 g/mol. The summed E-state index contributed by atoms with van der Waals surface area (Å²) in [5.41, 5.74) is 0. The second-order valence-electron chi connectivity index (χ2n) is 6.93. The molecule has 0 aromatic carbocycles. The number of amides is 1. The molecule has 1 aliphatic rings. The van der Waals surface area contributed by atoms with Crippen molar-refractivity contribution in [1.29, 1.82) is 0 Å².